The van der Waals surface area contributed by atoms with Crippen molar-refractivity contribution in [2.24, 2.45) is 0 Å². The molecule has 2 heterocycles. The van der Waals surface area contributed by atoms with Gasteiger partial charge in [0.05, 0.1) is 30.7 Å². The van der Waals surface area contributed by atoms with E-state index in [4.69, 9.17) is 26.2 Å². The Bertz CT molecular complexity index is 1110. The van der Waals surface area contributed by atoms with Gasteiger partial charge in [0.1, 0.15) is 5.75 Å². The molecule has 0 bridgehead atoms. The Labute approximate surface area is 162 Å². The van der Waals surface area contributed by atoms with Crippen LogP contribution in [0.2, 0.25) is 5.02 Å². The highest BCUT2D eigenvalue weighted by atomic mass is 35.5. The first-order chi connectivity index (χ1) is 13.2. The summed E-state index contributed by atoms with van der Waals surface area (Å²) < 4.78 is 12.6. The Morgan fingerprint density at radius 1 is 1.00 bits per heavy atom. The van der Waals surface area contributed by atoms with Crippen LogP contribution in [-0.2, 0) is 11.3 Å². The number of hydrogen-bond acceptors (Lipinski definition) is 4. The van der Waals surface area contributed by atoms with Gasteiger partial charge in [-0.05, 0) is 35.9 Å². The molecular formula is C21H18ClN3O2. The molecule has 0 unspecified atom stereocenters. The maximum Gasteiger partial charge on any atom is 0.163 e. The predicted molar refractivity (Wildman–Crippen MR) is 106 cm³/mol. The van der Waals surface area contributed by atoms with Crippen LogP contribution in [0, 0.1) is 0 Å². The van der Waals surface area contributed by atoms with Crippen LogP contribution >= 0.6 is 11.6 Å². The molecule has 4 aromatic rings. The van der Waals surface area contributed by atoms with Crippen LogP contribution in [0.15, 0.2) is 60.8 Å². The minimum atomic E-state index is 0.378. The molecule has 0 saturated heterocycles. The lowest BCUT2D eigenvalue weighted by atomic mass is 10.1. The molecule has 0 atom stereocenters. The molecule has 27 heavy (non-hydrogen) atoms. The van der Waals surface area contributed by atoms with Gasteiger partial charge < -0.3 is 9.47 Å². The van der Waals surface area contributed by atoms with Crippen molar-refractivity contribution >= 4 is 17.2 Å². The fraction of sp³-hybridized carbons (Fsp3) is 0.143. The SMILES string of the molecule is COCc1nn2c(-c3cccc(OC)c3)ccnc2c1-c1cccc(Cl)c1. The average molecular weight is 380 g/mol. The summed E-state index contributed by atoms with van der Waals surface area (Å²) in [6.45, 7) is 0.378. The van der Waals surface area contributed by atoms with Crippen LogP contribution < -0.4 is 4.74 Å². The lowest BCUT2D eigenvalue weighted by molar-refractivity contribution is 0.181. The van der Waals surface area contributed by atoms with Crippen molar-refractivity contribution < 1.29 is 9.47 Å². The molecule has 0 amide bonds. The molecule has 2 aromatic heterocycles. The van der Waals surface area contributed by atoms with Gasteiger partial charge in [0.15, 0.2) is 5.65 Å². The second kappa shape index (κ2) is 7.39. The number of halogens is 1. The van der Waals surface area contributed by atoms with E-state index in [9.17, 15) is 0 Å². The van der Waals surface area contributed by atoms with Crippen LogP contribution in [0.4, 0.5) is 0 Å². The second-order valence-electron chi connectivity index (χ2n) is 6.06. The topological polar surface area (TPSA) is 48.7 Å². The number of nitrogens with zero attached hydrogens (tertiary/aromatic N) is 3. The number of aromatic nitrogens is 3. The molecule has 0 saturated carbocycles. The van der Waals surface area contributed by atoms with E-state index in [-0.39, 0.29) is 0 Å². The van der Waals surface area contributed by atoms with Gasteiger partial charge >= 0.3 is 0 Å². The standard InChI is InChI=1S/C21H18ClN3O2/c1-26-13-18-20(15-6-3-7-16(22)11-15)21-23-10-9-19(25(21)24-18)14-5-4-8-17(12-14)27-2/h3-12H,13H2,1-2H3. The molecule has 0 N–H and O–H groups in total. The van der Waals surface area contributed by atoms with Crippen LogP contribution in [-0.4, -0.2) is 28.8 Å². The first-order valence-electron chi connectivity index (χ1n) is 8.47. The zero-order valence-electron chi connectivity index (χ0n) is 15.0. The highest BCUT2D eigenvalue weighted by Crippen LogP contribution is 2.32. The Morgan fingerprint density at radius 3 is 2.59 bits per heavy atom. The number of benzene rings is 2. The van der Waals surface area contributed by atoms with Crippen molar-refractivity contribution in [3.63, 3.8) is 0 Å². The lowest BCUT2D eigenvalue weighted by Crippen LogP contribution is -1.97. The molecule has 2 aromatic carbocycles. The highest BCUT2D eigenvalue weighted by molar-refractivity contribution is 6.30. The van der Waals surface area contributed by atoms with Crippen LogP contribution in [0.25, 0.3) is 28.0 Å². The molecule has 6 heteroatoms. The minimum absolute atomic E-state index is 0.378. The monoisotopic (exact) mass is 379 g/mol. The van der Waals surface area contributed by atoms with E-state index in [1.54, 1.807) is 20.4 Å². The van der Waals surface area contributed by atoms with E-state index in [1.165, 1.54) is 0 Å². The van der Waals surface area contributed by atoms with Crippen molar-refractivity contribution in [1.82, 2.24) is 14.6 Å². The molecule has 5 nitrogen and oxygen atoms in total. The molecular weight excluding hydrogens is 362 g/mol. The maximum absolute atomic E-state index is 6.21. The number of fused-ring (bicyclic) bond motifs is 1. The average Bonchev–Trinajstić information content (AvgIpc) is 3.06. The Kier molecular flexibility index (Phi) is 4.79. The van der Waals surface area contributed by atoms with Gasteiger partial charge in [0, 0.05) is 23.9 Å². The summed E-state index contributed by atoms with van der Waals surface area (Å²) in [7, 11) is 3.31. The summed E-state index contributed by atoms with van der Waals surface area (Å²) in [5, 5.41) is 5.45. The molecule has 0 aliphatic rings. The largest absolute Gasteiger partial charge is 0.497 e. The van der Waals surface area contributed by atoms with Crippen LogP contribution in [0.1, 0.15) is 5.69 Å². The van der Waals surface area contributed by atoms with Gasteiger partial charge in [0.25, 0.3) is 0 Å². The number of hydrogen-bond donors (Lipinski definition) is 0. The zero-order chi connectivity index (χ0) is 18.8. The van der Waals surface area contributed by atoms with Crippen LogP contribution in [0.3, 0.4) is 0 Å². The second-order valence-corrected chi connectivity index (χ2v) is 6.50. The van der Waals surface area contributed by atoms with E-state index in [0.29, 0.717) is 11.6 Å². The Balaban J connectivity index is 1.98. The van der Waals surface area contributed by atoms with Gasteiger partial charge in [-0.15, -0.1) is 0 Å². The fourth-order valence-electron chi connectivity index (χ4n) is 3.17. The molecule has 136 valence electrons. The highest BCUT2D eigenvalue weighted by Gasteiger charge is 2.18. The first kappa shape index (κ1) is 17.5. The molecule has 4 rings (SSSR count). The van der Waals surface area contributed by atoms with Crippen molar-refractivity contribution in [1.29, 1.82) is 0 Å². The van der Waals surface area contributed by atoms with Gasteiger partial charge in [-0.2, -0.15) is 5.10 Å². The summed E-state index contributed by atoms with van der Waals surface area (Å²) in [5.74, 6) is 0.789. The summed E-state index contributed by atoms with van der Waals surface area (Å²) in [6.07, 6.45) is 1.79. The summed E-state index contributed by atoms with van der Waals surface area (Å²) in [6, 6.07) is 17.5. The van der Waals surface area contributed by atoms with E-state index in [1.807, 2.05) is 59.1 Å². The normalized spacial score (nSPS) is 11.1. The van der Waals surface area contributed by atoms with E-state index in [0.717, 1.165) is 39.5 Å². The molecule has 0 radical (unpaired) electrons. The number of methoxy groups -OCH3 is 2. The third-order valence-electron chi connectivity index (χ3n) is 4.35. The van der Waals surface area contributed by atoms with Crippen molar-refractivity contribution in [3.8, 4) is 28.1 Å². The Hall–Kier alpha value is -2.89. The summed E-state index contributed by atoms with van der Waals surface area (Å²) in [5.41, 5.74) is 5.35. The predicted octanol–water partition coefficient (Wildman–Crippen LogP) is 4.87. The van der Waals surface area contributed by atoms with Gasteiger partial charge in [-0.1, -0.05) is 35.9 Å². The lowest BCUT2D eigenvalue weighted by Gasteiger charge is -2.07. The molecule has 0 spiro atoms. The minimum Gasteiger partial charge on any atom is -0.497 e. The van der Waals surface area contributed by atoms with E-state index >= 15 is 0 Å². The molecule has 0 fully saturated rings. The maximum atomic E-state index is 6.21. The summed E-state index contributed by atoms with van der Waals surface area (Å²) in [4.78, 5) is 4.59. The first-order valence-corrected chi connectivity index (χ1v) is 8.85. The van der Waals surface area contributed by atoms with Gasteiger partial charge in [0.2, 0.25) is 0 Å². The van der Waals surface area contributed by atoms with Crippen LogP contribution in [0.5, 0.6) is 5.75 Å². The van der Waals surface area contributed by atoms with Crippen molar-refractivity contribution in [2.75, 3.05) is 14.2 Å². The van der Waals surface area contributed by atoms with Gasteiger partial charge in [-0.3, -0.25) is 0 Å². The van der Waals surface area contributed by atoms with Crippen molar-refractivity contribution in [2.45, 2.75) is 6.61 Å². The fourth-order valence-corrected chi connectivity index (χ4v) is 3.36. The molecule has 0 aliphatic carbocycles. The zero-order valence-corrected chi connectivity index (χ0v) is 15.8. The Morgan fingerprint density at radius 2 is 1.81 bits per heavy atom. The van der Waals surface area contributed by atoms with E-state index < -0.39 is 0 Å². The van der Waals surface area contributed by atoms with Crippen molar-refractivity contribution in [3.05, 3.63) is 71.5 Å². The third kappa shape index (κ3) is 3.27. The smallest absolute Gasteiger partial charge is 0.163 e. The number of rotatable bonds is 5. The third-order valence-corrected chi connectivity index (χ3v) is 4.59. The van der Waals surface area contributed by atoms with Gasteiger partial charge in [-0.25, -0.2) is 9.50 Å². The number of ether oxygens (including phenoxy) is 2. The van der Waals surface area contributed by atoms with E-state index in [2.05, 4.69) is 4.98 Å². The molecule has 0 aliphatic heterocycles. The quantitative estimate of drug-likeness (QED) is 0.496. The summed E-state index contributed by atoms with van der Waals surface area (Å²) >= 11 is 6.21.